The molecule has 2 heterocycles. The standard InChI is InChI=1S/C14H26ClN5O/c1-19(2)6-7-20-14(12(15)10-17-20)13(18-16)9-11-5-3-4-8-21-11/h10-11,13,18H,3-9,16H2,1-2H3. The van der Waals surface area contributed by atoms with Gasteiger partial charge in [-0.25, -0.2) is 0 Å². The summed E-state index contributed by atoms with van der Waals surface area (Å²) in [7, 11) is 4.08. The molecule has 1 saturated heterocycles. The molecule has 3 N–H and O–H groups in total. The third-order valence-electron chi connectivity index (χ3n) is 3.90. The molecule has 0 saturated carbocycles. The third kappa shape index (κ3) is 4.66. The normalized spacial score (nSPS) is 20.9. The van der Waals surface area contributed by atoms with Crippen molar-refractivity contribution in [1.29, 1.82) is 0 Å². The first-order valence-electron chi connectivity index (χ1n) is 7.55. The summed E-state index contributed by atoms with van der Waals surface area (Å²) in [5, 5.41) is 5.03. The lowest BCUT2D eigenvalue weighted by Crippen LogP contribution is -2.35. The van der Waals surface area contributed by atoms with E-state index in [-0.39, 0.29) is 12.1 Å². The molecular formula is C14H26ClN5O. The monoisotopic (exact) mass is 315 g/mol. The zero-order valence-electron chi connectivity index (χ0n) is 12.9. The molecule has 2 atom stereocenters. The van der Waals surface area contributed by atoms with E-state index in [1.165, 1.54) is 6.42 Å². The number of halogens is 1. The van der Waals surface area contributed by atoms with Gasteiger partial charge in [-0.15, -0.1) is 0 Å². The Labute approximate surface area is 131 Å². The van der Waals surface area contributed by atoms with Gasteiger partial charge >= 0.3 is 0 Å². The third-order valence-corrected chi connectivity index (χ3v) is 4.19. The van der Waals surface area contributed by atoms with Crippen LogP contribution in [0.3, 0.4) is 0 Å². The highest BCUT2D eigenvalue weighted by molar-refractivity contribution is 6.31. The van der Waals surface area contributed by atoms with Crippen molar-refractivity contribution in [3.05, 3.63) is 16.9 Å². The molecule has 1 aliphatic rings. The van der Waals surface area contributed by atoms with Gasteiger partial charge in [0, 0.05) is 13.2 Å². The summed E-state index contributed by atoms with van der Waals surface area (Å²) in [5.41, 5.74) is 3.84. The minimum Gasteiger partial charge on any atom is -0.378 e. The average Bonchev–Trinajstić information content (AvgIpc) is 2.85. The first-order chi connectivity index (χ1) is 10.1. The molecule has 1 aliphatic heterocycles. The molecular weight excluding hydrogens is 290 g/mol. The highest BCUT2D eigenvalue weighted by Gasteiger charge is 2.24. The molecule has 0 spiro atoms. The fraction of sp³-hybridized carbons (Fsp3) is 0.786. The molecule has 0 bridgehead atoms. The number of ether oxygens (including phenoxy) is 1. The van der Waals surface area contributed by atoms with E-state index in [0.717, 1.165) is 44.7 Å². The van der Waals surface area contributed by atoms with E-state index in [2.05, 4.69) is 15.4 Å². The molecule has 1 aromatic heterocycles. The molecule has 0 aliphatic carbocycles. The lowest BCUT2D eigenvalue weighted by atomic mass is 10.00. The predicted molar refractivity (Wildman–Crippen MR) is 84.1 cm³/mol. The van der Waals surface area contributed by atoms with Gasteiger partial charge in [0.15, 0.2) is 0 Å². The summed E-state index contributed by atoms with van der Waals surface area (Å²) in [6, 6.07) is -0.0368. The van der Waals surface area contributed by atoms with E-state index in [0.29, 0.717) is 5.02 Å². The van der Waals surface area contributed by atoms with Gasteiger partial charge in [-0.05, 0) is 39.8 Å². The second kappa shape index (κ2) is 8.10. The lowest BCUT2D eigenvalue weighted by Gasteiger charge is -2.27. The Balaban J connectivity index is 2.07. The van der Waals surface area contributed by atoms with Gasteiger partial charge in [0.1, 0.15) is 0 Å². The zero-order chi connectivity index (χ0) is 15.2. The SMILES string of the molecule is CN(C)CCn1ncc(Cl)c1C(CC1CCCCO1)NN. The Morgan fingerprint density at radius 1 is 1.57 bits per heavy atom. The molecule has 0 amide bonds. The summed E-state index contributed by atoms with van der Waals surface area (Å²) in [6.07, 6.45) is 6.21. The van der Waals surface area contributed by atoms with Crippen molar-refractivity contribution in [2.24, 2.45) is 5.84 Å². The van der Waals surface area contributed by atoms with Crippen LogP contribution in [0.1, 0.15) is 37.4 Å². The van der Waals surface area contributed by atoms with Crippen LogP contribution in [0.15, 0.2) is 6.20 Å². The van der Waals surface area contributed by atoms with Crippen molar-refractivity contribution >= 4 is 11.6 Å². The van der Waals surface area contributed by atoms with E-state index in [1.807, 2.05) is 18.8 Å². The fourth-order valence-corrected chi connectivity index (χ4v) is 2.98. The summed E-state index contributed by atoms with van der Waals surface area (Å²) < 4.78 is 7.75. The number of aromatic nitrogens is 2. The second-order valence-corrected chi connectivity index (χ2v) is 6.25. The van der Waals surface area contributed by atoms with E-state index in [9.17, 15) is 0 Å². The number of nitrogens with zero attached hydrogens (tertiary/aromatic N) is 3. The number of rotatable bonds is 7. The number of likely N-dealkylation sites (N-methyl/N-ethyl adjacent to an activating group) is 1. The van der Waals surface area contributed by atoms with Crippen molar-refractivity contribution in [2.75, 3.05) is 27.2 Å². The van der Waals surface area contributed by atoms with Crippen molar-refractivity contribution in [3.63, 3.8) is 0 Å². The smallest absolute Gasteiger partial charge is 0.0834 e. The van der Waals surface area contributed by atoms with Gasteiger partial charge in [-0.3, -0.25) is 16.0 Å². The molecule has 1 fully saturated rings. The van der Waals surface area contributed by atoms with Crippen LogP contribution >= 0.6 is 11.6 Å². The molecule has 0 aromatic carbocycles. The minimum absolute atomic E-state index is 0.0368. The fourth-order valence-electron chi connectivity index (χ4n) is 2.71. The van der Waals surface area contributed by atoms with Crippen molar-refractivity contribution in [2.45, 2.75) is 44.4 Å². The Kier molecular flexibility index (Phi) is 6.44. The van der Waals surface area contributed by atoms with E-state index in [1.54, 1.807) is 6.20 Å². The summed E-state index contributed by atoms with van der Waals surface area (Å²) in [4.78, 5) is 2.12. The van der Waals surface area contributed by atoms with Crippen LogP contribution < -0.4 is 11.3 Å². The Hall–Kier alpha value is -0.660. The molecule has 21 heavy (non-hydrogen) atoms. The number of nitrogens with one attached hydrogen (secondary N) is 1. The Morgan fingerprint density at radius 2 is 2.38 bits per heavy atom. The molecule has 7 heteroatoms. The lowest BCUT2D eigenvalue weighted by molar-refractivity contribution is 0.00449. The predicted octanol–water partition coefficient (Wildman–Crippen LogP) is 1.56. The average molecular weight is 316 g/mol. The maximum atomic E-state index is 6.32. The number of nitrogens with two attached hydrogens (primary N) is 1. The first kappa shape index (κ1) is 16.7. The first-order valence-corrected chi connectivity index (χ1v) is 7.93. The number of hydrazine groups is 1. The second-order valence-electron chi connectivity index (χ2n) is 5.85. The Morgan fingerprint density at radius 3 is 3.00 bits per heavy atom. The van der Waals surface area contributed by atoms with Crippen LogP contribution in [0.5, 0.6) is 0 Å². The molecule has 6 nitrogen and oxygen atoms in total. The van der Waals surface area contributed by atoms with Gasteiger partial charge < -0.3 is 9.64 Å². The van der Waals surface area contributed by atoms with E-state index in [4.69, 9.17) is 22.2 Å². The van der Waals surface area contributed by atoms with Gasteiger partial charge in [0.25, 0.3) is 0 Å². The van der Waals surface area contributed by atoms with E-state index >= 15 is 0 Å². The van der Waals surface area contributed by atoms with E-state index < -0.39 is 0 Å². The van der Waals surface area contributed by atoms with Crippen molar-refractivity contribution in [1.82, 2.24) is 20.1 Å². The van der Waals surface area contributed by atoms with Gasteiger partial charge in [0.2, 0.25) is 0 Å². The maximum Gasteiger partial charge on any atom is 0.0834 e. The topological polar surface area (TPSA) is 68.3 Å². The highest BCUT2D eigenvalue weighted by Crippen LogP contribution is 2.28. The van der Waals surface area contributed by atoms with Gasteiger partial charge in [0.05, 0.1) is 35.6 Å². The summed E-state index contributed by atoms with van der Waals surface area (Å²) in [5.74, 6) is 5.76. The maximum absolute atomic E-state index is 6.32. The highest BCUT2D eigenvalue weighted by atomic mass is 35.5. The largest absolute Gasteiger partial charge is 0.378 e. The van der Waals surface area contributed by atoms with Crippen molar-refractivity contribution in [3.8, 4) is 0 Å². The Bertz CT molecular complexity index is 431. The molecule has 2 rings (SSSR count). The zero-order valence-corrected chi connectivity index (χ0v) is 13.6. The summed E-state index contributed by atoms with van der Waals surface area (Å²) >= 11 is 6.32. The van der Waals surface area contributed by atoms with Crippen LogP contribution in [-0.2, 0) is 11.3 Å². The van der Waals surface area contributed by atoms with Crippen molar-refractivity contribution < 1.29 is 4.74 Å². The van der Waals surface area contributed by atoms with Gasteiger partial charge in [-0.2, -0.15) is 5.10 Å². The summed E-state index contributed by atoms with van der Waals surface area (Å²) in [6.45, 7) is 2.54. The quantitative estimate of drug-likeness (QED) is 0.590. The molecule has 0 radical (unpaired) electrons. The van der Waals surface area contributed by atoms with Gasteiger partial charge in [-0.1, -0.05) is 11.6 Å². The van der Waals surface area contributed by atoms with Crippen LogP contribution in [-0.4, -0.2) is 48.0 Å². The molecule has 2 unspecified atom stereocenters. The van der Waals surface area contributed by atoms with Crippen LogP contribution in [0, 0.1) is 0 Å². The molecule has 1 aromatic rings. The number of hydrogen-bond acceptors (Lipinski definition) is 5. The van der Waals surface area contributed by atoms with Crippen LogP contribution in [0.2, 0.25) is 5.02 Å². The van der Waals surface area contributed by atoms with Crippen LogP contribution in [0.25, 0.3) is 0 Å². The molecule has 120 valence electrons. The van der Waals surface area contributed by atoms with Crippen LogP contribution in [0.4, 0.5) is 0 Å². The number of hydrogen-bond donors (Lipinski definition) is 2. The minimum atomic E-state index is -0.0368.